The maximum Gasteiger partial charge on any atom is 0.145 e. The van der Waals surface area contributed by atoms with Gasteiger partial charge in [0.15, 0.2) is 0 Å². The summed E-state index contributed by atoms with van der Waals surface area (Å²) in [4.78, 5) is 4.50. The van der Waals surface area contributed by atoms with Gasteiger partial charge in [-0.2, -0.15) is 0 Å². The van der Waals surface area contributed by atoms with Crippen molar-refractivity contribution in [3.63, 3.8) is 0 Å². The molecule has 0 spiro atoms. The van der Waals surface area contributed by atoms with E-state index in [1.165, 1.54) is 0 Å². The Morgan fingerprint density at radius 2 is 2.00 bits per heavy atom. The third-order valence-electron chi connectivity index (χ3n) is 2.28. The van der Waals surface area contributed by atoms with Crippen LogP contribution in [0, 0.1) is 6.92 Å². The summed E-state index contributed by atoms with van der Waals surface area (Å²) in [7, 11) is 0. The third kappa shape index (κ3) is 3.28. The number of nitrogens with zero attached hydrogens (tertiary/aromatic N) is 1. The molecule has 0 bridgehead atoms. The minimum atomic E-state index is 0. The second-order valence-corrected chi connectivity index (χ2v) is 3.63. The summed E-state index contributed by atoms with van der Waals surface area (Å²) in [6, 6.07) is 10.1. The van der Waals surface area contributed by atoms with Gasteiger partial charge in [-0.1, -0.05) is 25.1 Å². The molecule has 2 rings (SSSR count). The standard InChI is InChI=1S/C13H15NO.K/c1-3-9-15-12-6-4-5-11-8-7-10(2)14-13(11)12;/h4-8H,3,9H2,1-2H3;. The van der Waals surface area contributed by atoms with Crippen molar-refractivity contribution in [2.75, 3.05) is 6.61 Å². The van der Waals surface area contributed by atoms with Crippen molar-refractivity contribution in [2.24, 2.45) is 0 Å². The number of hydrogen-bond donors (Lipinski definition) is 0. The van der Waals surface area contributed by atoms with Crippen LogP contribution in [0.25, 0.3) is 10.9 Å². The Morgan fingerprint density at radius 1 is 1.19 bits per heavy atom. The molecule has 3 heteroatoms. The fourth-order valence-corrected chi connectivity index (χ4v) is 1.55. The van der Waals surface area contributed by atoms with Crippen molar-refractivity contribution < 1.29 is 4.74 Å². The van der Waals surface area contributed by atoms with Crippen LogP contribution < -0.4 is 4.74 Å². The van der Waals surface area contributed by atoms with Crippen molar-refractivity contribution in [2.45, 2.75) is 20.3 Å². The van der Waals surface area contributed by atoms with Gasteiger partial charge in [-0.15, -0.1) is 0 Å². The van der Waals surface area contributed by atoms with Crippen molar-refractivity contribution in [3.8, 4) is 5.75 Å². The van der Waals surface area contributed by atoms with Crippen LogP contribution >= 0.6 is 0 Å². The Kier molecular flexibility index (Phi) is 5.93. The first-order valence-corrected chi connectivity index (χ1v) is 5.30. The van der Waals surface area contributed by atoms with Gasteiger partial charge in [0.25, 0.3) is 0 Å². The predicted octanol–water partition coefficient (Wildman–Crippen LogP) is 2.95. The number of aromatic nitrogens is 1. The zero-order valence-electron chi connectivity index (χ0n) is 10.2. The van der Waals surface area contributed by atoms with Crippen molar-refractivity contribution in [1.82, 2.24) is 4.98 Å². The van der Waals surface area contributed by atoms with Gasteiger partial charge in [0.1, 0.15) is 11.3 Å². The van der Waals surface area contributed by atoms with Gasteiger partial charge < -0.3 is 4.74 Å². The first-order chi connectivity index (χ1) is 7.31. The van der Waals surface area contributed by atoms with Gasteiger partial charge in [-0.25, -0.2) is 4.98 Å². The minimum absolute atomic E-state index is 0. The summed E-state index contributed by atoms with van der Waals surface area (Å²) in [6.45, 7) is 4.84. The van der Waals surface area contributed by atoms with Gasteiger partial charge in [0.05, 0.1) is 6.61 Å². The maximum absolute atomic E-state index is 5.66. The van der Waals surface area contributed by atoms with Crippen molar-refractivity contribution in [1.29, 1.82) is 0 Å². The Labute approximate surface area is 139 Å². The van der Waals surface area contributed by atoms with Gasteiger partial charge in [0.2, 0.25) is 0 Å². The molecule has 0 unspecified atom stereocenters. The number of para-hydroxylation sites is 1. The number of ether oxygens (including phenoxy) is 1. The Bertz CT molecular complexity index is 470. The molecule has 0 atom stereocenters. The maximum atomic E-state index is 5.66. The molecule has 2 nitrogen and oxygen atoms in total. The molecule has 0 aliphatic rings. The monoisotopic (exact) mass is 240 g/mol. The van der Waals surface area contributed by atoms with E-state index < -0.39 is 0 Å². The molecule has 0 aliphatic carbocycles. The molecular formula is C13H15KNO. The summed E-state index contributed by atoms with van der Waals surface area (Å²) in [5, 5.41) is 1.13. The SMILES string of the molecule is CCCOc1cccc2ccc(C)nc12.[K]. The number of hydrogen-bond acceptors (Lipinski definition) is 2. The average molecular weight is 240 g/mol. The van der Waals surface area contributed by atoms with Gasteiger partial charge >= 0.3 is 0 Å². The molecule has 0 saturated heterocycles. The number of aryl methyl sites for hydroxylation is 1. The van der Waals surface area contributed by atoms with E-state index in [0.29, 0.717) is 0 Å². The molecule has 1 aromatic carbocycles. The molecule has 0 fully saturated rings. The van der Waals surface area contributed by atoms with E-state index >= 15 is 0 Å². The predicted molar refractivity (Wildman–Crippen MR) is 68.0 cm³/mol. The average Bonchev–Trinajstić information content (AvgIpc) is 2.26. The number of rotatable bonds is 3. The zero-order valence-corrected chi connectivity index (χ0v) is 13.3. The first kappa shape index (κ1) is 14.1. The number of fused-ring (bicyclic) bond motifs is 1. The van der Waals surface area contributed by atoms with Crippen LogP contribution in [0.5, 0.6) is 5.75 Å². The summed E-state index contributed by atoms with van der Waals surface area (Å²) in [6.07, 6.45) is 1.02. The van der Waals surface area contributed by atoms with Crippen LogP contribution in [0.4, 0.5) is 0 Å². The molecule has 16 heavy (non-hydrogen) atoms. The van der Waals surface area contributed by atoms with E-state index in [4.69, 9.17) is 4.74 Å². The van der Waals surface area contributed by atoms with Crippen LogP contribution in [-0.4, -0.2) is 63.0 Å². The second-order valence-electron chi connectivity index (χ2n) is 3.63. The largest absolute Gasteiger partial charge is 0.491 e. The fourth-order valence-electron chi connectivity index (χ4n) is 1.55. The van der Waals surface area contributed by atoms with Crippen LogP contribution in [0.3, 0.4) is 0 Å². The van der Waals surface area contributed by atoms with E-state index in [0.717, 1.165) is 35.4 Å². The van der Waals surface area contributed by atoms with E-state index in [1.807, 2.05) is 25.1 Å². The second kappa shape index (κ2) is 6.72. The molecule has 0 saturated carbocycles. The number of benzene rings is 1. The molecule has 1 aromatic heterocycles. The first-order valence-electron chi connectivity index (χ1n) is 5.30. The zero-order chi connectivity index (χ0) is 10.7. The fraction of sp³-hybridized carbons (Fsp3) is 0.308. The van der Waals surface area contributed by atoms with E-state index in [1.54, 1.807) is 0 Å². The Balaban J connectivity index is 0.00000128. The molecule has 79 valence electrons. The van der Waals surface area contributed by atoms with E-state index in [9.17, 15) is 0 Å². The van der Waals surface area contributed by atoms with E-state index in [2.05, 4.69) is 24.0 Å². The summed E-state index contributed by atoms with van der Waals surface area (Å²) >= 11 is 0. The third-order valence-corrected chi connectivity index (χ3v) is 2.28. The molecule has 0 amide bonds. The van der Waals surface area contributed by atoms with Gasteiger partial charge in [-0.3, -0.25) is 0 Å². The molecule has 2 aromatic rings. The van der Waals surface area contributed by atoms with Crippen LogP contribution in [0.15, 0.2) is 30.3 Å². The molecular weight excluding hydrogens is 225 g/mol. The molecule has 0 N–H and O–H groups in total. The number of pyridine rings is 1. The Morgan fingerprint density at radius 3 is 2.75 bits per heavy atom. The normalized spacial score (nSPS) is 9.88. The van der Waals surface area contributed by atoms with Crippen LogP contribution in [0.1, 0.15) is 19.0 Å². The molecule has 1 radical (unpaired) electrons. The minimum Gasteiger partial charge on any atom is -0.491 e. The topological polar surface area (TPSA) is 22.1 Å². The van der Waals surface area contributed by atoms with Gasteiger partial charge in [0, 0.05) is 62.5 Å². The van der Waals surface area contributed by atoms with Crippen molar-refractivity contribution in [3.05, 3.63) is 36.0 Å². The van der Waals surface area contributed by atoms with Gasteiger partial charge in [-0.05, 0) is 25.5 Å². The smallest absolute Gasteiger partial charge is 0.145 e. The van der Waals surface area contributed by atoms with Crippen LogP contribution in [0.2, 0.25) is 0 Å². The molecule has 0 aliphatic heterocycles. The van der Waals surface area contributed by atoms with Crippen molar-refractivity contribution >= 4 is 62.3 Å². The Hall–Kier alpha value is 0.0664. The van der Waals surface area contributed by atoms with E-state index in [-0.39, 0.29) is 51.4 Å². The quantitative estimate of drug-likeness (QED) is 0.770. The summed E-state index contributed by atoms with van der Waals surface area (Å²) < 4.78 is 5.66. The van der Waals surface area contributed by atoms with Crippen LogP contribution in [-0.2, 0) is 0 Å². The summed E-state index contributed by atoms with van der Waals surface area (Å²) in [5.74, 6) is 0.887. The molecule has 1 heterocycles. The summed E-state index contributed by atoms with van der Waals surface area (Å²) in [5.41, 5.74) is 1.99.